The number of anilines is 1. The third-order valence-electron chi connectivity index (χ3n) is 3.46. The van der Waals surface area contributed by atoms with Crippen LogP contribution in [-0.4, -0.2) is 42.1 Å². The molecule has 19 heavy (non-hydrogen) atoms. The normalized spacial score (nSPS) is 25.4. The van der Waals surface area contributed by atoms with Gasteiger partial charge in [0.15, 0.2) is 0 Å². The van der Waals surface area contributed by atoms with Gasteiger partial charge in [-0.3, -0.25) is 0 Å². The smallest absolute Gasteiger partial charge is 0.123 e. The van der Waals surface area contributed by atoms with E-state index in [2.05, 4.69) is 0 Å². The average Bonchev–Trinajstić information content (AvgIpc) is 2.39. The Balaban J connectivity index is 2.33. The van der Waals surface area contributed by atoms with Crippen LogP contribution in [0.5, 0.6) is 0 Å². The molecule has 1 aliphatic rings. The van der Waals surface area contributed by atoms with E-state index in [1.807, 2.05) is 11.8 Å². The molecule has 106 valence electrons. The number of morpholine rings is 1. The largest absolute Gasteiger partial charge is 0.394 e. The summed E-state index contributed by atoms with van der Waals surface area (Å²) in [4.78, 5) is 2.05. The lowest BCUT2D eigenvalue weighted by Crippen LogP contribution is -2.50. The summed E-state index contributed by atoms with van der Waals surface area (Å²) in [6.45, 7) is 4.61. The fraction of sp³-hybridized carbons (Fsp3) is 0.571. The van der Waals surface area contributed by atoms with Crippen LogP contribution in [0.25, 0.3) is 0 Å². The van der Waals surface area contributed by atoms with Crippen molar-refractivity contribution < 1.29 is 19.3 Å². The van der Waals surface area contributed by atoms with Gasteiger partial charge in [0, 0.05) is 23.8 Å². The molecule has 1 heterocycles. The van der Waals surface area contributed by atoms with Gasteiger partial charge < -0.3 is 19.8 Å². The van der Waals surface area contributed by atoms with Crippen LogP contribution in [0.2, 0.25) is 0 Å². The minimum atomic E-state index is -0.742. The number of hydrogen-bond acceptors (Lipinski definition) is 4. The van der Waals surface area contributed by atoms with E-state index in [0.717, 1.165) is 5.69 Å². The Morgan fingerprint density at radius 1 is 1.53 bits per heavy atom. The summed E-state index contributed by atoms with van der Waals surface area (Å²) in [5.41, 5.74) is 1.36. The molecule has 1 fully saturated rings. The second-order valence-corrected chi connectivity index (χ2v) is 5.02. The van der Waals surface area contributed by atoms with Gasteiger partial charge in [0.2, 0.25) is 0 Å². The van der Waals surface area contributed by atoms with E-state index >= 15 is 0 Å². The van der Waals surface area contributed by atoms with Gasteiger partial charge >= 0.3 is 0 Å². The highest BCUT2D eigenvalue weighted by Gasteiger charge is 2.28. The molecule has 1 saturated heterocycles. The third-order valence-corrected chi connectivity index (χ3v) is 3.46. The van der Waals surface area contributed by atoms with Crippen LogP contribution in [0.4, 0.5) is 10.1 Å². The monoisotopic (exact) mass is 269 g/mol. The minimum absolute atomic E-state index is 0.0472. The minimum Gasteiger partial charge on any atom is -0.394 e. The van der Waals surface area contributed by atoms with Gasteiger partial charge in [0.25, 0.3) is 0 Å². The van der Waals surface area contributed by atoms with Crippen molar-refractivity contribution in [2.24, 2.45) is 0 Å². The van der Waals surface area contributed by atoms with Crippen molar-refractivity contribution in [2.75, 3.05) is 24.7 Å². The lowest BCUT2D eigenvalue weighted by Gasteiger charge is -2.40. The fourth-order valence-electron chi connectivity index (χ4n) is 2.39. The van der Waals surface area contributed by atoms with Crippen LogP contribution >= 0.6 is 0 Å². The van der Waals surface area contributed by atoms with Gasteiger partial charge in [-0.1, -0.05) is 0 Å². The number of halogens is 1. The van der Waals surface area contributed by atoms with E-state index in [1.54, 1.807) is 13.0 Å². The number of nitrogens with zero attached hydrogens (tertiary/aromatic N) is 1. The van der Waals surface area contributed by atoms with E-state index in [9.17, 15) is 14.6 Å². The Hall–Kier alpha value is -1.17. The number of hydrogen-bond donors (Lipinski definition) is 2. The zero-order valence-corrected chi connectivity index (χ0v) is 11.2. The van der Waals surface area contributed by atoms with Gasteiger partial charge in [-0.05, 0) is 32.0 Å². The van der Waals surface area contributed by atoms with Crippen molar-refractivity contribution in [1.82, 2.24) is 0 Å². The van der Waals surface area contributed by atoms with Gasteiger partial charge in [-0.15, -0.1) is 0 Å². The molecule has 2 N–H and O–H groups in total. The zero-order valence-electron chi connectivity index (χ0n) is 11.2. The lowest BCUT2D eigenvalue weighted by atomic mass is 10.0. The number of benzene rings is 1. The van der Waals surface area contributed by atoms with E-state index in [0.29, 0.717) is 18.7 Å². The van der Waals surface area contributed by atoms with Crippen LogP contribution in [0.1, 0.15) is 25.5 Å². The second kappa shape index (κ2) is 5.86. The first-order chi connectivity index (χ1) is 9.02. The standard InChI is InChI=1S/C14H20FNO3/c1-9-8-19-12(7-17)6-16(9)14-4-3-11(15)5-13(14)10(2)18/h3-5,9-10,12,17-18H,6-8H2,1-2H3/t9?,10-,12?/m1/s1. The molecular weight excluding hydrogens is 249 g/mol. The second-order valence-electron chi connectivity index (χ2n) is 5.02. The molecule has 0 bridgehead atoms. The molecule has 0 aromatic heterocycles. The molecule has 5 heteroatoms. The highest BCUT2D eigenvalue weighted by molar-refractivity contribution is 5.56. The predicted molar refractivity (Wildman–Crippen MR) is 70.7 cm³/mol. The highest BCUT2D eigenvalue weighted by atomic mass is 19.1. The molecule has 1 aliphatic heterocycles. The van der Waals surface area contributed by atoms with Gasteiger partial charge in [0.05, 0.1) is 25.4 Å². The van der Waals surface area contributed by atoms with Crippen LogP contribution in [-0.2, 0) is 4.74 Å². The Bertz CT molecular complexity index is 439. The van der Waals surface area contributed by atoms with E-state index in [4.69, 9.17) is 4.74 Å². The number of aliphatic hydroxyl groups excluding tert-OH is 2. The summed E-state index contributed by atoms with van der Waals surface area (Å²) < 4.78 is 18.8. The van der Waals surface area contributed by atoms with Gasteiger partial charge in [-0.25, -0.2) is 4.39 Å². The first-order valence-corrected chi connectivity index (χ1v) is 6.49. The SMILES string of the molecule is CC1COC(CO)CN1c1ccc(F)cc1[C@@H](C)O. The summed E-state index contributed by atoms with van der Waals surface area (Å²) >= 11 is 0. The first-order valence-electron chi connectivity index (χ1n) is 6.49. The molecule has 1 aromatic carbocycles. The van der Waals surface area contributed by atoms with Gasteiger partial charge in [-0.2, -0.15) is 0 Å². The molecular formula is C14H20FNO3. The number of rotatable bonds is 3. The zero-order chi connectivity index (χ0) is 14.0. The quantitative estimate of drug-likeness (QED) is 0.872. The topological polar surface area (TPSA) is 52.9 Å². The van der Waals surface area contributed by atoms with E-state index < -0.39 is 6.10 Å². The van der Waals surface area contributed by atoms with Crippen molar-refractivity contribution >= 4 is 5.69 Å². The molecule has 2 unspecified atom stereocenters. The lowest BCUT2D eigenvalue weighted by molar-refractivity contribution is -0.0104. The van der Waals surface area contributed by atoms with Crippen LogP contribution < -0.4 is 4.90 Å². The maximum absolute atomic E-state index is 13.3. The Morgan fingerprint density at radius 3 is 2.89 bits per heavy atom. The van der Waals surface area contributed by atoms with E-state index in [1.165, 1.54) is 12.1 Å². The molecule has 0 spiro atoms. The van der Waals surface area contributed by atoms with Crippen molar-refractivity contribution in [1.29, 1.82) is 0 Å². The third kappa shape index (κ3) is 3.05. The Morgan fingerprint density at radius 2 is 2.26 bits per heavy atom. The predicted octanol–water partition coefficient (Wildman–Crippen LogP) is 1.46. The van der Waals surface area contributed by atoms with Crippen molar-refractivity contribution in [3.05, 3.63) is 29.6 Å². The number of ether oxygens (including phenoxy) is 1. The summed E-state index contributed by atoms with van der Waals surface area (Å²) in [6.07, 6.45) is -0.989. The Kier molecular flexibility index (Phi) is 4.39. The molecule has 2 rings (SSSR count). The molecule has 0 radical (unpaired) electrons. The average molecular weight is 269 g/mol. The summed E-state index contributed by atoms with van der Waals surface area (Å²) in [7, 11) is 0. The molecule has 1 aromatic rings. The van der Waals surface area contributed by atoms with Crippen LogP contribution in [0.3, 0.4) is 0 Å². The summed E-state index contributed by atoms with van der Waals surface area (Å²) in [5, 5.41) is 19.0. The molecule has 4 nitrogen and oxygen atoms in total. The number of aliphatic hydroxyl groups is 2. The molecule has 0 amide bonds. The van der Waals surface area contributed by atoms with Crippen LogP contribution in [0, 0.1) is 5.82 Å². The van der Waals surface area contributed by atoms with E-state index in [-0.39, 0.29) is 24.6 Å². The summed E-state index contributed by atoms with van der Waals surface area (Å²) in [5.74, 6) is -0.362. The highest BCUT2D eigenvalue weighted by Crippen LogP contribution is 2.30. The summed E-state index contributed by atoms with van der Waals surface area (Å²) in [6, 6.07) is 4.53. The molecule has 0 aliphatic carbocycles. The van der Waals surface area contributed by atoms with Crippen molar-refractivity contribution in [3.63, 3.8) is 0 Å². The van der Waals surface area contributed by atoms with Gasteiger partial charge in [0.1, 0.15) is 5.82 Å². The van der Waals surface area contributed by atoms with Crippen molar-refractivity contribution in [2.45, 2.75) is 32.1 Å². The molecule has 0 saturated carbocycles. The van der Waals surface area contributed by atoms with Crippen LogP contribution in [0.15, 0.2) is 18.2 Å². The van der Waals surface area contributed by atoms with Crippen molar-refractivity contribution in [3.8, 4) is 0 Å². The maximum Gasteiger partial charge on any atom is 0.123 e. The fourth-order valence-corrected chi connectivity index (χ4v) is 2.39. The first kappa shape index (κ1) is 14.2. The molecule has 3 atom stereocenters. The Labute approximate surface area is 112 Å². The maximum atomic E-state index is 13.3.